The first-order chi connectivity index (χ1) is 19.3. The SMILES string of the molecule is c1ccc(-c2nc(-c3cccc4ccccc34)nc(-c3cccc4cc5c(cc34)oc3ccccc35)n2)cc1. The van der Waals surface area contributed by atoms with Gasteiger partial charge in [0.1, 0.15) is 11.2 Å². The van der Waals surface area contributed by atoms with Gasteiger partial charge in [0.05, 0.1) is 0 Å². The van der Waals surface area contributed by atoms with Crippen molar-refractivity contribution in [1.29, 1.82) is 0 Å². The molecule has 0 unspecified atom stereocenters. The number of hydrogen-bond donors (Lipinski definition) is 0. The van der Waals surface area contributed by atoms with E-state index in [4.69, 9.17) is 19.4 Å². The van der Waals surface area contributed by atoms with Crippen molar-refractivity contribution in [3.8, 4) is 34.2 Å². The Labute approximate surface area is 224 Å². The van der Waals surface area contributed by atoms with E-state index in [1.54, 1.807) is 0 Å². The van der Waals surface area contributed by atoms with Crippen molar-refractivity contribution >= 4 is 43.5 Å². The molecule has 0 spiro atoms. The standard InChI is InChI=1S/C35H21N3O/c1-2-11-23(12-3-1)33-36-34(27-17-8-13-22-10-4-5-15-25(22)27)38-35(37-33)28-18-9-14-24-20-30-26-16-6-7-19-31(26)39-32(30)21-29(24)28/h1-21H. The second-order valence-corrected chi connectivity index (χ2v) is 9.67. The van der Waals surface area contributed by atoms with Crippen molar-refractivity contribution in [1.82, 2.24) is 15.0 Å². The molecule has 0 N–H and O–H groups in total. The smallest absolute Gasteiger partial charge is 0.164 e. The minimum absolute atomic E-state index is 0.632. The molecule has 0 aliphatic rings. The van der Waals surface area contributed by atoms with Crippen LogP contribution >= 0.6 is 0 Å². The first kappa shape index (κ1) is 21.7. The molecule has 2 aromatic heterocycles. The van der Waals surface area contributed by atoms with E-state index in [9.17, 15) is 0 Å². The van der Waals surface area contributed by atoms with Gasteiger partial charge in [-0.15, -0.1) is 0 Å². The molecule has 8 aromatic rings. The topological polar surface area (TPSA) is 51.8 Å². The van der Waals surface area contributed by atoms with E-state index in [1.807, 2.05) is 48.5 Å². The summed E-state index contributed by atoms with van der Waals surface area (Å²) in [5, 5.41) is 6.63. The number of aromatic nitrogens is 3. The molecule has 6 aromatic carbocycles. The van der Waals surface area contributed by atoms with Crippen molar-refractivity contribution in [2.24, 2.45) is 0 Å². The van der Waals surface area contributed by atoms with Crippen LogP contribution < -0.4 is 0 Å². The number of furan rings is 1. The molecule has 0 aliphatic carbocycles. The molecule has 182 valence electrons. The Morgan fingerprint density at radius 2 is 1.00 bits per heavy atom. The van der Waals surface area contributed by atoms with E-state index in [2.05, 4.69) is 78.9 Å². The van der Waals surface area contributed by atoms with Gasteiger partial charge in [-0.05, 0) is 39.7 Å². The number of hydrogen-bond acceptors (Lipinski definition) is 4. The summed E-state index contributed by atoms with van der Waals surface area (Å²) in [6.45, 7) is 0. The quantitative estimate of drug-likeness (QED) is 0.243. The van der Waals surface area contributed by atoms with Gasteiger partial charge in [0.15, 0.2) is 17.5 Å². The van der Waals surface area contributed by atoms with E-state index >= 15 is 0 Å². The van der Waals surface area contributed by atoms with Gasteiger partial charge in [0.25, 0.3) is 0 Å². The lowest BCUT2D eigenvalue weighted by molar-refractivity contribution is 0.669. The van der Waals surface area contributed by atoms with Crippen molar-refractivity contribution in [3.05, 3.63) is 127 Å². The lowest BCUT2D eigenvalue weighted by Gasteiger charge is -2.11. The normalized spacial score (nSPS) is 11.6. The van der Waals surface area contributed by atoms with Crippen LogP contribution in [0, 0.1) is 0 Å². The summed E-state index contributed by atoms with van der Waals surface area (Å²) in [5.41, 5.74) is 4.60. The molecule has 0 fully saturated rings. The number of para-hydroxylation sites is 1. The van der Waals surface area contributed by atoms with E-state index in [1.165, 1.54) is 0 Å². The fourth-order valence-electron chi connectivity index (χ4n) is 5.45. The average molecular weight is 500 g/mol. The maximum Gasteiger partial charge on any atom is 0.164 e. The molecule has 0 amide bonds. The Balaban J connectivity index is 1.41. The van der Waals surface area contributed by atoms with Crippen LogP contribution in [0.15, 0.2) is 132 Å². The number of rotatable bonds is 3. The monoisotopic (exact) mass is 499 g/mol. The molecule has 4 heteroatoms. The van der Waals surface area contributed by atoms with Crippen molar-refractivity contribution in [2.45, 2.75) is 0 Å². The lowest BCUT2D eigenvalue weighted by atomic mass is 10.0. The van der Waals surface area contributed by atoms with Crippen LogP contribution in [0.3, 0.4) is 0 Å². The highest BCUT2D eigenvalue weighted by Gasteiger charge is 2.17. The Morgan fingerprint density at radius 3 is 1.82 bits per heavy atom. The van der Waals surface area contributed by atoms with Gasteiger partial charge in [-0.3, -0.25) is 0 Å². The zero-order chi connectivity index (χ0) is 25.8. The maximum atomic E-state index is 6.23. The predicted molar refractivity (Wildman–Crippen MR) is 158 cm³/mol. The Kier molecular flexibility index (Phi) is 4.79. The number of nitrogens with zero attached hydrogens (tertiary/aromatic N) is 3. The summed E-state index contributed by atoms with van der Waals surface area (Å²) in [4.78, 5) is 15.0. The third-order valence-corrected chi connectivity index (χ3v) is 7.32. The van der Waals surface area contributed by atoms with Crippen LogP contribution in [0.2, 0.25) is 0 Å². The van der Waals surface area contributed by atoms with Crippen LogP contribution in [0.4, 0.5) is 0 Å². The fourth-order valence-corrected chi connectivity index (χ4v) is 5.45. The predicted octanol–water partition coefficient (Wildman–Crippen LogP) is 9.08. The van der Waals surface area contributed by atoms with E-state index in [-0.39, 0.29) is 0 Å². The van der Waals surface area contributed by atoms with Crippen LogP contribution in [0.5, 0.6) is 0 Å². The summed E-state index contributed by atoms with van der Waals surface area (Å²) < 4.78 is 6.23. The third kappa shape index (κ3) is 3.57. The van der Waals surface area contributed by atoms with Crippen molar-refractivity contribution in [3.63, 3.8) is 0 Å². The maximum absolute atomic E-state index is 6.23. The molecule has 4 nitrogen and oxygen atoms in total. The van der Waals surface area contributed by atoms with Crippen LogP contribution in [-0.2, 0) is 0 Å². The average Bonchev–Trinajstić information content (AvgIpc) is 3.37. The Morgan fingerprint density at radius 1 is 0.385 bits per heavy atom. The van der Waals surface area contributed by atoms with Crippen LogP contribution in [0.1, 0.15) is 0 Å². The van der Waals surface area contributed by atoms with Gasteiger partial charge < -0.3 is 4.42 Å². The number of fused-ring (bicyclic) bond motifs is 5. The molecular formula is C35H21N3O. The second kappa shape index (κ2) is 8.61. The lowest BCUT2D eigenvalue weighted by Crippen LogP contribution is -2.01. The Bertz CT molecular complexity index is 2180. The van der Waals surface area contributed by atoms with Crippen molar-refractivity contribution in [2.75, 3.05) is 0 Å². The summed E-state index contributed by atoms with van der Waals surface area (Å²) in [6.07, 6.45) is 0. The summed E-state index contributed by atoms with van der Waals surface area (Å²) in [5.74, 6) is 1.93. The molecule has 0 atom stereocenters. The highest BCUT2D eigenvalue weighted by Crippen LogP contribution is 2.36. The molecule has 39 heavy (non-hydrogen) atoms. The minimum Gasteiger partial charge on any atom is -0.456 e. The fraction of sp³-hybridized carbons (Fsp3) is 0. The van der Waals surface area contributed by atoms with E-state index in [0.29, 0.717) is 17.5 Å². The van der Waals surface area contributed by atoms with Gasteiger partial charge in [-0.1, -0.05) is 109 Å². The van der Waals surface area contributed by atoms with Gasteiger partial charge in [0, 0.05) is 27.5 Å². The minimum atomic E-state index is 0.632. The number of benzene rings is 6. The molecule has 0 radical (unpaired) electrons. The molecule has 0 saturated carbocycles. The van der Waals surface area contributed by atoms with Gasteiger partial charge in [-0.2, -0.15) is 0 Å². The van der Waals surface area contributed by atoms with Crippen LogP contribution in [-0.4, -0.2) is 15.0 Å². The molecule has 2 heterocycles. The van der Waals surface area contributed by atoms with Gasteiger partial charge >= 0.3 is 0 Å². The largest absolute Gasteiger partial charge is 0.456 e. The summed E-state index contributed by atoms with van der Waals surface area (Å²) in [6, 6.07) is 43.4. The molecule has 0 aliphatic heterocycles. The van der Waals surface area contributed by atoms with Crippen molar-refractivity contribution < 1.29 is 4.42 Å². The molecule has 8 rings (SSSR count). The highest BCUT2D eigenvalue weighted by atomic mass is 16.3. The van der Waals surface area contributed by atoms with Crippen LogP contribution in [0.25, 0.3) is 77.6 Å². The first-order valence-corrected chi connectivity index (χ1v) is 13.0. The molecular weight excluding hydrogens is 478 g/mol. The van der Waals surface area contributed by atoms with E-state index < -0.39 is 0 Å². The zero-order valence-corrected chi connectivity index (χ0v) is 20.9. The van der Waals surface area contributed by atoms with Gasteiger partial charge in [-0.25, -0.2) is 15.0 Å². The highest BCUT2D eigenvalue weighted by molar-refractivity contribution is 6.12. The van der Waals surface area contributed by atoms with Gasteiger partial charge in [0.2, 0.25) is 0 Å². The Hall–Kier alpha value is -5.35. The summed E-state index contributed by atoms with van der Waals surface area (Å²) >= 11 is 0. The third-order valence-electron chi connectivity index (χ3n) is 7.32. The molecule has 0 bridgehead atoms. The first-order valence-electron chi connectivity index (χ1n) is 13.0. The summed E-state index contributed by atoms with van der Waals surface area (Å²) in [7, 11) is 0. The second-order valence-electron chi connectivity index (χ2n) is 9.67. The van der Waals surface area contributed by atoms with E-state index in [0.717, 1.165) is 60.2 Å². The zero-order valence-electron chi connectivity index (χ0n) is 20.9. The molecule has 0 saturated heterocycles.